The van der Waals surface area contributed by atoms with E-state index in [-0.39, 0.29) is 55.6 Å². The van der Waals surface area contributed by atoms with Gasteiger partial charge in [0, 0.05) is 30.3 Å². The van der Waals surface area contributed by atoms with E-state index >= 15 is 0 Å². The Kier molecular flexibility index (Phi) is 8.31. The van der Waals surface area contributed by atoms with Gasteiger partial charge < -0.3 is 28.4 Å². The van der Waals surface area contributed by atoms with Crippen LogP contribution in [-0.4, -0.2) is 54.2 Å². The summed E-state index contributed by atoms with van der Waals surface area (Å²) in [6, 6.07) is 15.4. The standard InChI is InChI=1S/C32H28ClFN2O7/c33-23-7-9-27-26(13-23)31(38)22(18-41-27)15-35(14-20-6-8-28-29(11-20)43-19-42-28)30(37)17-36(16-25-5-2-10-40-25)32(39)21-3-1-4-24(34)12-21/h1,3-4,6-9,11-13,18,25H,2,5,10,14-17,19H2. The highest BCUT2D eigenvalue weighted by Crippen LogP contribution is 2.33. The van der Waals surface area contributed by atoms with Crippen LogP contribution in [0.25, 0.3) is 11.0 Å². The number of amides is 2. The number of carbonyl (C=O) groups is 2. The Hall–Kier alpha value is -4.41. The molecule has 2 aliphatic heterocycles. The van der Waals surface area contributed by atoms with Crippen LogP contribution in [0, 0.1) is 5.82 Å². The molecule has 1 aromatic heterocycles. The fourth-order valence-electron chi connectivity index (χ4n) is 5.27. The third kappa shape index (κ3) is 6.50. The second-order valence-corrected chi connectivity index (χ2v) is 10.9. The molecule has 1 atom stereocenters. The lowest BCUT2D eigenvalue weighted by atomic mass is 10.1. The van der Waals surface area contributed by atoms with Crippen LogP contribution in [0.2, 0.25) is 5.02 Å². The second-order valence-electron chi connectivity index (χ2n) is 10.5. The van der Waals surface area contributed by atoms with Crippen LogP contribution >= 0.6 is 11.6 Å². The Morgan fingerprint density at radius 3 is 2.65 bits per heavy atom. The van der Waals surface area contributed by atoms with Gasteiger partial charge >= 0.3 is 0 Å². The molecule has 9 nitrogen and oxygen atoms in total. The highest BCUT2D eigenvalue weighted by atomic mass is 35.5. The van der Waals surface area contributed by atoms with Crippen LogP contribution in [0.4, 0.5) is 4.39 Å². The first kappa shape index (κ1) is 28.7. The average Bonchev–Trinajstić information content (AvgIpc) is 3.69. The van der Waals surface area contributed by atoms with Crippen LogP contribution in [0.1, 0.15) is 34.3 Å². The highest BCUT2D eigenvalue weighted by Gasteiger charge is 2.28. The molecule has 2 aliphatic rings. The summed E-state index contributed by atoms with van der Waals surface area (Å²) in [4.78, 5) is 43.8. The molecule has 0 N–H and O–H groups in total. The van der Waals surface area contributed by atoms with Crippen molar-refractivity contribution in [1.82, 2.24) is 9.80 Å². The monoisotopic (exact) mass is 606 g/mol. The SMILES string of the molecule is O=C(CN(CC1CCCO1)C(=O)c1cccc(F)c1)N(Cc1ccc2c(c1)OCO2)Cc1coc2ccc(Cl)cc2c1=O. The third-order valence-electron chi connectivity index (χ3n) is 7.46. The summed E-state index contributed by atoms with van der Waals surface area (Å²) in [6.45, 7) is 0.519. The molecule has 11 heteroatoms. The molecule has 1 saturated heterocycles. The summed E-state index contributed by atoms with van der Waals surface area (Å²) in [5.74, 6) is -0.331. The zero-order valence-electron chi connectivity index (χ0n) is 23.1. The van der Waals surface area contributed by atoms with Gasteiger partial charge in [-0.2, -0.15) is 0 Å². The first-order chi connectivity index (χ1) is 20.8. The van der Waals surface area contributed by atoms with E-state index in [4.69, 9.17) is 30.2 Å². The molecule has 0 spiro atoms. The van der Waals surface area contributed by atoms with Crippen molar-refractivity contribution in [2.45, 2.75) is 32.0 Å². The highest BCUT2D eigenvalue weighted by molar-refractivity contribution is 6.31. The molecular formula is C32H28ClFN2O7. The van der Waals surface area contributed by atoms with Crippen molar-refractivity contribution < 1.29 is 32.6 Å². The Morgan fingerprint density at radius 2 is 1.84 bits per heavy atom. The largest absolute Gasteiger partial charge is 0.464 e. The smallest absolute Gasteiger partial charge is 0.254 e. The van der Waals surface area contributed by atoms with E-state index in [0.717, 1.165) is 24.5 Å². The number of nitrogens with zero attached hydrogens (tertiary/aromatic N) is 2. The van der Waals surface area contributed by atoms with Crippen LogP contribution < -0.4 is 14.9 Å². The minimum absolute atomic E-state index is 0.0972. The van der Waals surface area contributed by atoms with Crippen LogP contribution in [0.15, 0.2) is 76.1 Å². The van der Waals surface area contributed by atoms with Crippen LogP contribution in [0.5, 0.6) is 11.5 Å². The molecule has 0 radical (unpaired) electrons. The first-order valence-corrected chi connectivity index (χ1v) is 14.2. The molecule has 0 aliphatic carbocycles. The molecule has 4 aromatic rings. The van der Waals surface area contributed by atoms with Crippen molar-refractivity contribution in [2.75, 3.05) is 26.5 Å². The van der Waals surface area contributed by atoms with E-state index in [9.17, 15) is 18.8 Å². The van der Waals surface area contributed by atoms with Crippen molar-refractivity contribution in [2.24, 2.45) is 0 Å². The molecule has 2 amide bonds. The van der Waals surface area contributed by atoms with Crippen LogP contribution in [0.3, 0.4) is 0 Å². The molecule has 1 unspecified atom stereocenters. The summed E-state index contributed by atoms with van der Waals surface area (Å²) in [7, 11) is 0. The third-order valence-corrected chi connectivity index (χ3v) is 7.70. The minimum atomic E-state index is -0.554. The summed E-state index contributed by atoms with van der Waals surface area (Å²) in [5, 5.41) is 0.674. The summed E-state index contributed by atoms with van der Waals surface area (Å²) in [5.41, 5.74) is 1.15. The summed E-state index contributed by atoms with van der Waals surface area (Å²) >= 11 is 6.13. The number of carbonyl (C=O) groups excluding carboxylic acids is 2. The van der Waals surface area contributed by atoms with E-state index in [2.05, 4.69) is 0 Å². The fraction of sp³-hybridized carbons (Fsp3) is 0.281. The predicted molar refractivity (Wildman–Crippen MR) is 156 cm³/mol. The van der Waals surface area contributed by atoms with E-state index < -0.39 is 17.6 Å². The Morgan fingerprint density at radius 1 is 0.977 bits per heavy atom. The Balaban J connectivity index is 1.31. The topological polar surface area (TPSA) is 98.5 Å². The maximum Gasteiger partial charge on any atom is 0.254 e. The number of fused-ring (bicyclic) bond motifs is 2. The molecule has 0 bridgehead atoms. The van der Waals surface area contributed by atoms with Gasteiger partial charge in [-0.05, 0) is 66.9 Å². The van der Waals surface area contributed by atoms with Gasteiger partial charge in [-0.15, -0.1) is 0 Å². The minimum Gasteiger partial charge on any atom is -0.464 e. The molecule has 43 heavy (non-hydrogen) atoms. The zero-order valence-corrected chi connectivity index (χ0v) is 23.8. The van der Waals surface area contributed by atoms with Gasteiger partial charge in [0.05, 0.1) is 29.9 Å². The molecule has 6 rings (SSSR count). The van der Waals surface area contributed by atoms with Crippen molar-refractivity contribution >= 4 is 34.4 Å². The van der Waals surface area contributed by atoms with E-state index in [1.165, 1.54) is 40.3 Å². The Labute approximate surface area is 251 Å². The number of benzene rings is 3. The maximum atomic E-state index is 14.0. The van der Waals surface area contributed by atoms with Gasteiger partial charge in [0.25, 0.3) is 5.91 Å². The molecule has 222 valence electrons. The van der Waals surface area contributed by atoms with E-state index in [1.54, 1.807) is 30.3 Å². The van der Waals surface area contributed by atoms with Gasteiger partial charge in [-0.25, -0.2) is 4.39 Å². The summed E-state index contributed by atoms with van der Waals surface area (Å²) in [6.07, 6.45) is 2.67. The van der Waals surface area contributed by atoms with E-state index in [1.807, 2.05) is 0 Å². The number of ether oxygens (including phenoxy) is 3. The molecular weight excluding hydrogens is 579 g/mol. The van der Waals surface area contributed by atoms with Gasteiger partial charge in [-0.1, -0.05) is 23.7 Å². The lowest BCUT2D eigenvalue weighted by molar-refractivity contribution is -0.133. The van der Waals surface area contributed by atoms with Crippen molar-refractivity contribution in [3.8, 4) is 11.5 Å². The number of hydrogen-bond acceptors (Lipinski definition) is 7. The molecule has 1 fully saturated rings. The number of rotatable bonds is 9. The molecule has 3 heterocycles. The van der Waals surface area contributed by atoms with Gasteiger partial charge in [0.15, 0.2) is 16.9 Å². The first-order valence-electron chi connectivity index (χ1n) is 13.9. The summed E-state index contributed by atoms with van der Waals surface area (Å²) < 4.78 is 36.4. The fourth-order valence-corrected chi connectivity index (χ4v) is 5.44. The van der Waals surface area contributed by atoms with E-state index in [0.29, 0.717) is 34.1 Å². The molecule has 0 saturated carbocycles. The van der Waals surface area contributed by atoms with Crippen molar-refractivity contribution in [3.05, 3.63) is 105 Å². The van der Waals surface area contributed by atoms with Crippen molar-refractivity contribution in [3.63, 3.8) is 0 Å². The lowest BCUT2D eigenvalue weighted by Crippen LogP contribution is -2.45. The van der Waals surface area contributed by atoms with Gasteiger partial charge in [-0.3, -0.25) is 14.4 Å². The zero-order chi connectivity index (χ0) is 29.9. The predicted octanol–water partition coefficient (Wildman–Crippen LogP) is 5.16. The second kappa shape index (κ2) is 12.4. The average molecular weight is 607 g/mol. The van der Waals surface area contributed by atoms with Crippen molar-refractivity contribution in [1.29, 1.82) is 0 Å². The number of hydrogen-bond donors (Lipinski definition) is 0. The Bertz CT molecular complexity index is 1740. The van der Waals surface area contributed by atoms with Crippen LogP contribution in [-0.2, 0) is 22.6 Å². The quantitative estimate of drug-likeness (QED) is 0.259. The van der Waals surface area contributed by atoms with Gasteiger partial charge in [0.2, 0.25) is 12.7 Å². The normalized spacial score (nSPS) is 15.5. The maximum absolute atomic E-state index is 14.0. The number of halogens is 2. The molecule has 3 aromatic carbocycles. The lowest BCUT2D eigenvalue weighted by Gasteiger charge is -2.29. The van der Waals surface area contributed by atoms with Gasteiger partial charge in [0.1, 0.15) is 17.9 Å².